The maximum absolute atomic E-state index is 12.9. The lowest BCUT2D eigenvalue weighted by Crippen LogP contribution is -2.09. The monoisotopic (exact) mass is 540 g/mol. The zero-order valence-corrected chi connectivity index (χ0v) is 23.9. The van der Waals surface area contributed by atoms with Crippen molar-refractivity contribution in [1.29, 1.82) is 0 Å². The van der Waals surface area contributed by atoms with Crippen molar-refractivity contribution in [2.24, 2.45) is 0 Å². The zero-order valence-electron chi connectivity index (χ0n) is 23.9. The number of ether oxygens (including phenoxy) is 1. The number of aromatic amines is 1. The largest absolute Gasteiger partial charge is 0.506 e. The van der Waals surface area contributed by atoms with E-state index in [0.717, 1.165) is 40.3 Å². The van der Waals surface area contributed by atoms with E-state index in [0.29, 0.717) is 17.8 Å². The lowest BCUT2D eigenvalue weighted by atomic mass is 10.0. The highest BCUT2D eigenvalue weighted by atomic mass is 16.5. The summed E-state index contributed by atoms with van der Waals surface area (Å²) in [4.78, 5) is 37.7. The fourth-order valence-corrected chi connectivity index (χ4v) is 4.35. The maximum Gasteiger partial charge on any atom is 0.341 e. The highest BCUT2D eigenvalue weighted by molar-refractivity contribution is 6.04. The fourth-order valence-electron chi connectivity index (χ4n) is 4.35. The summed E-state index contributed by atoms with van der Waals surface area (Å²) in [6.45, 7) is 3.58. The SMILES string of the molecule is CCCCOC(=O)c1cc(-c2nc(-c3ccc(N(C)C)cc3)c(-c3ccc(N(C)C)cc3)[nH]2)cc(C(C)=O)c1O. The molecule has 0 aliphatic rings. The molecule has 0 atom stereocenters. The number of aromatic hydroxyl groups is 1. The maximum atomic E-state index is 12.9. The van der Waals surface area contributed by atoms with Crippen LogP contribution in [-0.2, 0) is 4.74 Å². The Morgan fingerprint density at radius 3 is 1.93 bits per heavy atom. The van der Waals surface area contributed by atoms with Crippen LogP contribution in [0.2, 0.25) is 0 Å². The normalized spacial score (nSPS) is 10.8. The summed E-state index contributed by atoms with van der Waals surface area (Å²) >= 11 is 0. The molecule has 1 aromatic heterocycles. The van der Waals surface area contributed by atoms with Gasteiger partial charge in [0.25, 0.3) is 0 Å². The molecule has 0 bridgehead atoms. The number of anilines is 2. The minimum Gasteiger partial charge on any atom is -0.506 e. The number of Topliss-reactive ketones (excluding diaryl/α,β-unsaturated/α-hetero) is 1. The summed E-state index contributed by atoms with van der Waals surface area (Å²) in [6, 6.07) is 19.3. The minimum atomic E-state index is -0.680. The lowest BCUT2D eigenvalue weighted by molar-refractivity contribution is 0.0496. The molecule has 0 saturated carbocycles. The molecule has 40 heavy (non-hydrogen) atoms. The molecule has 1 heterocycles. The van der Waals surface area contributed by atoms with Crippen molar-refractivity contribution in [1.82, 2.24) is 9.97 Å². The third kappa shape index (κ3) is 6.01. The number of rotatable bonds is 10. The minimum absolute atomic E-state index is 0.0325. The predicted molar refractivity (Wildman–Crippen MR) is 160 cm³/mol. The van der Waals surface area contributed by atoms with Crippen LogP contribution >= 0.6 is 0 Å². The van der Waals surface area contributed by atoms with Gasteiger partial charge in [-0.05, 0) is 49.7 Å². The smallest absolute Gasteiger partial charge is 0.341 e. The summed E-state index contributed by atoms with van der Waals surface area (Å²) in [5.41, 5.74) is 5.94. The van der Waals surface area contributed by atoms with Crippen LogP contribution in [0.15, 0.2) is 60.7 Å². The van der Waals surface area contributed by atoms with Crippen LogP contribution in [0.25, 0.3) is 33.9 Å². The van der Waals surface area contributed by atoms with Crippen molar-refractivity contribution in [3.63, 3.8) is 0 Å². The van der Waals surface area contributed by atoms with Gasteiger partial charge in [-0.2, -0.15) is 0 Å². The third-order valence-electron chi connectivity index (χ3n) is 6.75. The second kappa shape index (κ2) is 12.1. The number of aromatic nitrogens is 2. The number of carbonyl (C=O) groups is 2. The molecule has 3 aromatic carbocycles. The van der Waals surface area contributed by atoms with Crippen LogP contribution < -0.4 is 9.80 Å². The molecular formula is C32H36N4O4. The van der Waals surface area contributed by atoms with Crippen molar-refractivity contribution in [2.45, 2.75) is 26.7 Å². The molecule has 8 heteroatoms. The number of benzene rings is 3. The second-order valence-electron chi connectivity index (χ2n) is 10.2. The number of carbonyl (C=O) groups excluding carboxylic acids is 2. The summed E-state index contributed by atoms with van der Waals surface area (Å²) in [7, 11) is 7.95. The van der Waals surface area contributed by atoms with Gasteiger partial charge in [-0.15, -0.1) is 0 Å². The first-order valence-corrected chi connectivity index (χ1v) is 13.3. The van der Waals surface area contributed by atoms with Crippen molar-refractivity contribution >= 4 is 23.1 Å². The van der Waals surface area contributed by atoms with Crippen molar-refractivity contribution in [3.8, 4) is 39.7 Å². The van der Waals surface area contributed by atoms with Crippen LogP contribution in [-0.4, -0.2) is 61.6 Å². The Hall–Kier alpha value is -4.59. The van der Waals surface area contributed by atoms with Crippen molar-refractivity contribution in [3.05, 3.63) is 71.8 Å². The van der Waals surface area contributed by atoms with E-state index in [1.807, 2.05) is 93.4 Å². The third-order valence-corrected chi connectivity index (χ3v) is 6.75. The van der Waals surface area contributed by atoms with E-state index in [1.54, 1.807) is 6.07 Å². The molecule has 0 fully saturated rings. The second-order valence-corrected chi connectivity index (χ2v) is 10.2. The summed E-state index contributed by atoms with van der Waals surface area (Å²) in [5.74, 6) is -0.972. The van der Waals surface area contributed by atoms with Gasteiger partial charge in [0.1, 0.15) is 17.1 Å². The van der Waals surface area contributed by atoms with E-state index in [9.17, 15) is 14.7 Å². The Kier molecular flexibility index (Phi) is 8.58. The van der Waals surface area contributed by atoms with Gasteiger partial charge in [-0.3, -0.25) is 4.79 Å². The average Bonchev–Trinajstić information content (AvgIpc) is 3.38. The van der Waals surface area contributed by atoms with Gasteiger partial charge in [0, 0.05) is 56.3 Å². The highest BCUT2D eigenvalue weighted by Crippen LogP contribution is 2.36. The van der Waals surface area contributed by atoms with E-state index in [-0.39, 0.29) is 29.3 Å². The number of imidazole rings is 1. The summed E-state index contributed by atoms with van der Waals surface area (Å²) in [5, 5.41) is 10.8. The first-order valence-electron chi connectivity index (χ1n) is 13.3. The number of unbranched alkanes of at least 4 members (excludes halogenated alkanes) is 1. The Labute approximate surface area is 235 Å². The molecule has 0 radical (unpaired) electrons. The first-order chi connectivity index (χ1) is 19.1. The molecule has 0 spiro atoms. The van der Waals surface area contributed by atoms with Crippen LogP contribution in [0.4, 0.5) is 11.4 Å². The summed E-state index contributed by atoms with van der Waals surface area (Å²) < 4.78 is 5.35. The highest BCUT2D eigenvalue weighted by Gasteiger charge is 2.23. The Bertz CT molecular complexity index is 1430. The van der Waals surface area contributed by atoms with E-state index in [1.165, 1.54) is 13.0 Å². The van der Waals surface area contributed by atoms with Gasteiger partial charge in [0.15, 0.2) is 5.78 Å². The van der Waals surface area contributed by atoms with Crippen LogP contribution in [0.5, 0.6) is 5.75 Å². The van der Waals surface area contributed by atoms with E-state index in [2.05, 4.69) is 4.98 Å². The van der Waals surface area contributed by atoms with Gasteiger partial charge in [-0.25, -0.2) is 9.78 Å². The molecule has 8 nitrogen and oxygen atoms in total. The van der Waals surface area contributed by atoms with Crippen LogP contribution in [0, 0.1) is 0 Å². The molecule has 208 valence electrons. The average molecular weight is 541 g/mol. The first kappa shape index (κ1) is 28.4. The number of esters is 1. The number of phenols is 1. The van der Waals surface area contributed by atoms with Crippen molar-refractivity contribution in [2.75, 3.05) is 44.6 Å². The van der Waals surface area contributed by atoms with Crippen LogP contribution in [0.1, 0.15) is 47.4 Å². The molecule has 4 aromatic rings. The Morgan fingerprint density at radius 1 is 0.850 bits per heavy atom. The van der Waals surface area contributed by atoms with Gasteiger partial charge >= 0.3 is 5.97 Å². The molecule has 0 unspecified atom stereocenters. The number of hydrogen-bond acceptors (Lipinski definition) is 7. The Balaban J connectivity index is 1.87. The molecule has 4 rings (SSSR count). The van der Waals surface area contributed by atoms with Crippen molar-refractivity contribution < 1.29 is 19.4 Å². The van der Waals surface area contributed by atoms with Gasteiger partial charge in [0.2, 0.25) is 0 Å². The molecular weight excluding hydrogens is 504 g/mol. The van der Waals surface area contributed by atoms with E-state index >= 15 is 0 Å². The van der Waals surface area contributed by atoms with Crippen LogP contribution in [0.3, 0.4) is 0 Å². The molecule has 0 aliphatic carbocycles. The number of nitrogens with one attached hydrogen (secondary N) is 1. The van der Waals surface area contributed by atoms with Gasteiger partial charge in [-0.1, -0.05) is 37.6 Å². The fraction of sp³-hybridized carbons (Fsp3) is 0.281. The molecule has 0 saturated heterocycles. The van der Waals surface area contributed by atoms with E-state index in [4.69, 9.17) is 9.72 Å². The lowest BCUT2D eigenvalue weighted by Gasteiger charge is -2.13. The quantitative estimate of drug-likeness (QED) is 0.136. The predicted octanol–water partition coefficient (Wildman–Crippen LogP) is 6.41. The number of ketones is 1. The molecule has 0 aliphatic heterocycles. The van der Waals surface area contributed by atoms with Gasteiger partial charge < -0.3 is 24.6 Å². The topological polar surface area (TPSA) is 98.8 Å². The number of nitrogens with zero attached hydrogens (tertiary/aromatic N) is 3. The standard InChI is InChI=1S/C32H36N4O4/c1-7-8-17-40-32(39)27-19-23(18-26(20(2)37)30(27)38)31-33-28(21-9-13-24(14-10-21)35(3)4)29(34-31)22-11-15-25(16-12-22)36(5)6/h9-16,18-19,38H,7-8,17H2,1-6H3,(H,33,34). The van der Waals surface area contributed by atoms with Gasteiger partial charge in [0.05, 0.1) is 23.6 Å². The number of hydrogen-bond donors (Lipinski definition) is 2. The summed E-state index contributed by atoms with van der Waals surface area (Å²) in [6.07, 6.45) is 1.57. The van der Waals surface area contributed by atoms with E-state index < -0.39 is 5.97 Å². The Morgan fingerprint density at radius 2 is 1.40 bits per heavy atom. The zero-order chi connectivity index (χ0) is 29.0. The molecule has 2 N–H and O–H groups in total. The number of H-pyrrole nitrogens is 1. The number of phenolic OH excluding ortho intramolecular Hbond substituents is 1. The molecule has 0 amide bonds.